The van der Waals surface area contributed by atoms with Gasteiger partial charge in [-0.15, -0.1) is 0 Å². The summed E-state index contributed by atoms with van der Waals surface area (Å²) < 4.78 is 5.47. The van der Waals surface area contributed by atoms with Crippen molar-refractivity contribution in [2.45, 2.75) is 112 Å². The van der Waals surface area contributed by atoms with Crippen LogP contribution >= 0.6 is 0 Å². The lowest BCUT2D eigenvalue weighted by Gasteiger charge is -2.71. The molecule has 0 heterocycles. The highest BCUT2D eigenvalue weighted by molar-refractivity contribution is 5.78. The van der Waals surface area contributed by atoms with Crippen molar-refractivity contribution in [2.75, 3.05) is 13.7 Å². The van der Waals surface area contributed by atoms with Gasteiger partial charge in [0, 0.05) is 5.41 Å². The Hall–Kier alpha value is -0.910. The Morgan fingerprint density at radius 1 is 0.972 bits per heavy atom. The maximum absolute atomic E-state index is 13.4. The lowest BCUT2D eigenvalue weighted by atomic mass is 9.33. The summed E-state index contributed by atoms with van der Waals surface area (Å²) in [7, 11) is 1.55. The van der Waals surface area contributed by atoms with Crippen molar-refractivity contribution in [1.82, 2.24) is 0 Å². The summed E-state index contributed by atoms with van der Waals surface area (Å²) in [5, 5.41) is 32.4. The van der Waals surface area contributed by atoms with Crippen molar-refractivity contribution in [2.24, 2.45) is 50.2 Å². The van der Waals surface area contributed by atoms with E-state index in [-0.39, 0.29) is 46.1 Å². The number of hydrogen-bond acceptors (Lipinski definition) is 5. The number of carbonyl (C=O) groups excluding carboxylic acids is 1. The predicted octanol–water partition coefficient (Wildman–Crippen LogP) is 5.27. The highest BCUT2D eigenvalue weighted by atomic mass is 16.5. The molecule has 5 heteroatoms. The van der Waals surface area contributed by atoms with Gasteiger partial charge in [-0.05, 0) is 97.2 Å². The van der Waals surface area contributed by atoms with E-state index < -0.39 is 23.0 Å². The van der Waals surface area contributed by atoms with Gasteiger partial charge in [-0.3, -0.25) is 4.79 Å². The molecule has 0 aromatic rings. The molecule has 0 unspecified atom stereocenters. The highest BCUT2D eigenvalue weighted by Crippen LogP contribution is 2.75. The number of methoxy groups -OCH3 is 1. The van der Waals surface area contributed by atoms with Crippen molar-refractivity contribution < 1.29 is 24.9 Å². The molecule has 0 aliphatic heterocycles. The van der Waals surface area contributed by atoms with Crippen LogP contribution < -0.4 is 0 Å². The molecular formula is C31H50O5. The minimum atomic E-state index is -0.893. The zero-order valence-corrected chi connectivity index (χ0v) is 23.7. The normalized spacial score (nSPS) is 53.7. The molecule has 0 radical (unpaired) electrons. The number of aliphatic hydroxyl groups excluding tert-OH is 3. The van der Waals surface area contributed by atoms with E-state index in [4.69, 9.17) is 4.74 Å². The van der Waals surface area contributed by atoms with Gasteiger partial charge in [0.05, 0.1) is 31.3 Å². The molecule has 3 N–H and O–H groups in total. The third kappa shape index (κ3) is 3.14. The van der Waals surface area contributed by atoms with E-state index in [1.807, 2.05) is 6.92 Å². The fourth-order valence-corrected chi connectivity index (χ4v) is 11.0. The molecule has 0 amide bonds. The van der Waals surface area contributed by atoms with Crippen LogP contribution in [-0.4, -0.2) is 47.2 Å². The van der Waals surface area contributed by atoms with Crippen LogP contribution in [-0.2, 0) is 9.53 Å². The molecule has 0 aromatic carbocycles. The molecule has 0 aromatic heterocycles. The van der Waals surface area contributed by atoms with Gasteiger partial charge in [-0.2, -0.15) is 0 Å². The number of ether oxygens (including phenoxy) is 1. The molecule has 0 spiro atoms. The van der Waals surface area contributed by atoms with Gasteiger partial charge in [0.25, 0.3) is 0 Å². The number of rotatable bonds is 2. The van der Waals surface area contributed by atoms with Crippen LogP contribution in [0.1, 0.15) is 99.3 Å². The summed E-state index contributed by atoms with van der Waals surface area (Å²) in [4.78, 5) is 13.4. The lowest BCUT2D eigenvalue weighted by molar-refractivity contribution is -0.243. The molecule has 5 aliphatic carbocycles. The smallest absolute Gasteiger partial charge is 0.312 e. The highest BCUT2D eigenvalue weighted by Gasteiger charge is 2.70. The summed E-state index contributed by atoms with van der Waals surface area (Å²) >= 11 is 0. The Morgan fingerprint density at radius 2 is 1.64 bits per heavy atom. The van der Waals surface area contributed by atoms with Crippen molar-refractivity contribution in [1.29, 1.82) is 0 Å². The Labute approximate surface area is 218 Å². The molecule has 10 atom stereocenters. The molecule has 4 saturated carbocycles. The summed E-state index contributed by atoms with van der Waals surface area (Å²) in [6, 6.07) is 0. The van der Waals surface area contributed by atoms with Crippen LogP contribution in [0, 0.1) is 50.2 Å². The van der Waals surface area contributed by atoms with Gasteiger partial charge < -0.3 is 20.1 Å². The Bertz CT molecular complexity index is 957. The second-order valence-electron chi connectivity index (χ2n) is 15.2. The van der Waals surface area contributed by atoms with Gasteiger partial charge in [0.1, 0.15) is 0 Å². The standard InChI is InChI=1S/C31H50O5/c1-26(2)12-14-31(25(35)36-7)15-13-29(5)19(20(31)16-26)8-9-23-27(3)17-21(33)24(34)28(4,18-32)22(27)10-11-30(23,29)6/h8,20-24,32-34H,9-18H2,1-7H3/t20-,21-,22+,23+,24-,27-,28-,29+,30+,31-/m0/s1. The molecule has 0 saturated heterocycles. The number of allylic oxidation sites excluding steroid dienone is 2. The fourth-order valence-electron chi connectivity index (χ4n) is 11.0. The molecular weight excluding hydrogens is 452 g/mol. The fraction of sp³-hybridized carbons (Fsp3) is 0.903. The third-order valence-electron chi connectivity index (χ3n) is 13.3. The number of esters is 1. The van der Waals surface area contributed by atoms with Crippen LogP contribution in [0.25, 0.3) is 0 Å². The number of carbonyl (C=O) groups is 1. The van der Waals surface area contributed by atoms with Crippen molar-refractivity contribution in [3.05, 3.63) is 11.6 Å². The third-order valence-corrected chi connectivity index (χ3v) is 13.3. The average Bonchev–Trinajstić information content (AvgIpc) is 2.82. The Kier molecular flexibility index (Phi) is 5.97. The zero-order valence-electron chi connectivity index (χ0n) is 23.7. The van der Waals surface area contributed by atoms with Crippen LogP contribution in [0.4, 0.5) is 0 Å². The van der Waals surface area contributed by atoms with Gasteiger partial charge in [0.2, 0.25) is 0 Å². The first-order valence-electron chi connectivity index (χ1n) is 14.4. The minimum absolute atomic E-state index is 0.0167. The second-order valence-corrected chi connectivity index (χ2v) is 15.2. The molecule has 36 heavy (non-hydrogen) atoms. The van der Waals surface area contributed by atoms with Gasteiger partial charge in [-0.1, -0.05) is 53.2 Å². The van der Waals surface area contributed by atoms with E-state index in [2.05, 4.69) is 40.7 Å². The lowest BCUT2D eigenvalue weighted by Crippen LogP contribution is -2.68. The quantitative estimate of drug-likeness (QED) is 0.354. The van der Waals surface area contributed by atoms with E-state index in [1.165, 1.54) is 5.57 Å². The Morgan fingerprint density at radius 3 is 2.28 bits per heavy atom. The first kappa shape index (κ1) is 26.7. The van der Waals surface area contributed by atoms with Crippen molar-refractivity contribution in [3.63, 3.8) is 0 Å². The summed E-state index contributed by atoms with van der Waals surface area (Å²) in [5.41, 5.74) is 0.445. The SMILES string of the molecule is COC(=O)[C@]12CCC(C)(C)C[C@H]1C1=CC[C@@H]3[C@@]4(C)C[C@H](O)[C@H](O)[C@@](C)(CO)[C@@H]4CC[C@@]3(C)[C@]1(C)CC2. The van der Waals surface area contributed by atoms with Crippen molar-refractivity contribution in [3.8, 4) is 0 Å². The molecule has 5 rings (SSSR count). The van der Waals surface area contributed by atoms with Crippen LogP contribution in [0.3, 0.4) is 0 Å². The van der Waals surface area contributed by atoms with E-state index in [0.29, 0.717) is 12.3 Å². The largest absolute Gasteiger partial charge is 0.469 e. The predicted molar refractivity (Wildman–Crippen MR) is 140 cm³/mol. The van der Waals surface area contributed by atoms with Gasteiger partial charge in [-0.25, -0.2) is 0 Å². The number of aliphatic hydroxyl groups is 3. The summed E-state index contributed by atoms with van der Waals surface area (Å²) in [6.07, 6.45) is 9.16. The molecule has 5 aliphatic rings. The molecule has 4 fully saturated rings. The monoisotopic (exact) mass is 502 g/mol. The number of fused-ring (bicyclic) bond motifs is 7. The van der Waals surface area contributed by atoms with Crippen LogP contribution in [0.5, 0.6) is 0 Å². The average molecular weight is 503 g/mol. The molecule has 0 bridgehead atoms. The topological polar surface area (TPSA) is 87.0 Å². The van der Waals surface area contributed by atoms with E-state index in [9.17, 15) is 20.1 Å². The van der Waals surface area contributed by atoms with E-state index in [1.54, 1.807) is 7.11 Å². The second kappa shape index (κ2) is 8.05. The summed E-state index contributed by atoms with van der Waals surface area (Å²) in [5.74, 6) is 0.721. The first-order valence-corrected chi connectivity index (χ1v) is 14.4. The van der Waals surface area contributed by atoms with Crippen LogP contribution in [0.2, 0.25) is 0 Å². The minimum Gasteiger partial charge on any atom is -0.469 e. The zero-order chi connectivity index (χ0) is 26.5. The van der Waals surface area contributed by atoms with Gasteiger partial charge >= 0.3 is 5.97 Å². The van der Waals surface area contributed by atoms with E-state index in [0.717, 1.165) is 51.4 Å². The summed E-state index contributed by atoms with van der Waals surface area (Å²) in [6.45, 7) is 13.9. The first-order chi connectivity index (χ1) is 16.7. The maximum Gasteiger partial charge on any atom is 0.312 e. The van der Waals surface area contributed by atoms with Gasteiger partial charge in [0.15, 0.2) is 0 Å². The molecule has 5 nitrogen and oxygen atoms in total. The van der Waals surface area contributed by atoms with Crippen molar-refractivity contribution >= 4 is 5.97 Å². The maximum atomic E-state index is 13.4. The van der Waals surface area contributed by atoms with E-state index >= 15 is 0 Å². The molecule has 204 valence electrons. The Balaban J connectivity index is 1.61. The number of hydrogen-bond donors (Lipinski definition) is 3. The van der Waals surface area contributed by atoms with Crippen LogP contribution in [0.15, 0.2) is 11.6 Å².